The second kappa shape index (κ2) is 10.6. The Kier molecular flexibility index (Phi) is 6.92. The quantitative estimate of drug-likeness (QED) is 0.203. The van der Waals surface area contributed by atoms with E-state index in [4.69, 9.17) is 23.2 Å². The van der Waals surface area contributed by atoms with Gasteiger partial charge in [-0.05, 0) is 109 Å². The van der Waals surface area contributed by atoms with E-state index in [0.29, 0.717) is 34.9 Å². The van der Waals surface area contributed by atoms with Gasteiger partial charge in [0, 0.05) is 16.9 Å². The van der Waals surface area contributed by atoms with Crippen LogP contribution in [0.5, 0.6) is 0 Å². The fourth-order valence-electron chi connectivity index (χ4n) is 7.32. The first kappa shape index (κ1) is 27.3. The van der Waals surface area contributed by atoms with Crippen molar-refractivity contribution in [3.8, 4) is 0 Å². The maximum atomic E-state index is 13.3. The summed E-state index contributed by atoms with van der Waals surface area (Å²) in [6.45, 7) is 0. The molecule has 2 fully saturated rings. The van der Waals surface area contributed by atoms with Crippen molar-refractivity contribution < 1.29 is 13.2 Å². The molecule has 1 heterocycles. The summed E-state index contributed by atoms with van der Waals surface area (Å²) in [6.07, 6.45) is 3.78. The van der Waals surface area contributed by atoms with Crippen LogP contribution in [-0.4, -0.2) is 14.3 Å². The standard InChI is InChI=1S/C33H29Cl2N3O3S/c34-26-7-4-8-28(31(26)35)38-42(40,41)24-14-12-23(13-15-24)36-33(39)22-11-16-27-25(18-22)29-20-9-10-21(17-20)30(29)32(37-27)19-5-2-1-3-6-19/h1-8,11-16,18,20-21,29-30,32,37-38H,9-10,17H2,(H,36,39)/t20-,21-,29-,30-,32-/m0/s1. The smallest absolute Gasteiger partial charge is 0.261 e. The normalized spacial score (nSPS) is 23.9. The molecule has 2 aliphatic carbocycles. The SMILES string of the molecule is O=C(Nc1ccc(S(=O)(=O)Nc2cccc(Cl)c2Cl)cc1)c1ccc2c(c1)[C@@H]1[C@H]3CC[C@@H](C3)[C@@H]1[C@H](c1ccccc1)N2. The van der Waals surface area contributed by atoms with E-state index in [9.17, 15) is 13.2 Å². The van der Waals surface area contributed by atoms with Crippen LogP contribution in [0, 0.1) is 17.8 Å². The second-order valence-electron chi connectivity index (χ2n) is 11.5. The molecule has 4 aromatic carbocycles. The van der Waals surface area contributed by atoms with Crippen molar-refractivity contribution in [1.29, 1.82) is 0 Å². The first-order valence-corrected chi connectivity index (χ1v) is 16.4. The Hall–Kier alpha value is -3.52. The lowest BCUT2D eigenvalue weighted by molar-refractivity contribution is 0.102. The highest BCUT2D eigenvalue weighted by Gasteiger charge is 2.53. The molecule has 5 atom stereocenters. The Morgan fingerprint density at radius 3 is 2.40 bits per heavy atom. The maximum Gasteiger partial charge on any atom is 0.261 e. The molecule has 4 aromatic rings. The summed E-state index contributed by atoms with van der Waals surface area (Å²) in [5.41, 5.74) is 4.94. The van der Waals surface area contributed by atoms with Crippen LogP contribution < -0.4 is 15.4 Å². The van der Waals surface area contributed by atoms with Gasteiger partial charge in [0.05, 0.1) is 26.7 Å². The molecule has 2 saturated carbocycles. The number of anilines is 3. The van der Waals surface area contributed by atoms with Gasteiger partial charge >= 0.3 is 0 Å². The van der Waals surface area contributed by atoms with Gasteiger partial charge in [-0.1, -0.05) is 59.6 Å². The Balaban J connectivity index is 1.10. The van der Waals surface area contributed by atoms with Crippen molar-refractivity contribution in [3.05, 3.63) is 118 Å². The van der Waals surface area contributed by atoms with E-state index in [1.807, 2.05) is 12.1 Å². The maximum absolute atomic E-state index is 13.3. The van der Waals surface area contributed by atoms with Gasteiger partial charge in [-0.25, -0.2) is 8.42 Å². The number of sulfonamides is 1. The Morgan fingerprint density at radius 2 is 1.62 bits per heavy atom. The first-order chi connectivity index (χ1) is 20.3. The molecule has 6 nitrogen and oxygen atoms in total. The number of amides is 1. The summed E-state index contributed by atoms with van der Waals surface area (Å²) in [5, 5.41) is 7.12. The predicted molar refractivity (Wildman–Crippen MR) is 168 cm³/mol. The molecule has 1 amide bonds. The monoisotopic (exact) mass is 617 g/mol. The van der Waals surface area contributed by atoms with Crippen LogP contribution in [0.2, 0.25) is 10.0 Å². The molecule has 0 spiro atoms. The molecule has 0 saturated heterocycles. The number of hydrogen-bond donors (Lipinski definition) is 3. The third kappa shape index (κ3) is 4.83. The average molecular weight is 619 g/mol. The minimum atomic E-state index is -3.91. The first-order valence-electron chi connectivity index (χ1n) is 14.1. The molecule has 0 aromatic heterocycles. The summed E-state index contributed by atoms with van der Waals surface area (Å²) >= 11 is 12.2. The fourth-order valence-corrected chi connectivity index (χ4v) is 8.80. The third-order valence-electron chi connectivity index (χ3n) is 9.13. The van der Waals surface area contributed by atoms with Crippen molar-refractivity contribution in [3.63, 3.8) is 0 Å². The van der Waals surface area contributed by atoms with E-state index in [0.717, 1.165) is 5.69 Å². The van der Waals surface area contributed by atoms with Gasteiger partial charge in [0.25, 0.3) is 15.9 Å². The number of hydrogen-bond acceptors (Lipinski definition) is 4. The molecule has 0 unspecified atom stereocenters. The van der Waals surface area contributed by atoms with Crippen LogP contribution in [0.1, 0.15) is 52.7 Å². The number of carbonyl (C=O) groups excluding carboxylic acids is 1. The summed E-state index contributed by atoms with van der Waals surface area (Å²) in [5.74, 6) is 2.06. The van der Waals surface area contributed by atoms with Crippen molar-refractivity contribution in [2.24, 2.45) is 17.8 Å². The Labute approximate surface area is 255 Å². The van der Waals surface area contributed by atoms with Gasteiger partial charge in [0.1, 0.15) is 0 Å². The molecular weight excluding hydrogens is 589 g/mol. The molecule has 7 rings (SSSR count). The average Bonchev–Trinajstić information content (AvgIpc) is 3.63. The van der Waals surface area contributed by atoms with E-state index in [-0.39, 0.29) is 32.6 Å². The summed E-state index contributed by atoms with van der Waals surface area (Å²) in [6, 6.07) is 27.7. The minimum absolute atomic E-state index is 0.0340. The van der Waals surface area contributed by atoms with Crippen molar-refractivity contribution in [2.45, 2.75) is 36.1 Å². The van der Waals surface area contributed by atoms with Gasteiger partial charge in [-0.3, -0.25) is 9.52 Å². The number of fused-ring (bicyclic) bond motifs is 7. The lowest BCUT2D eigenvalue weighted by Crippen LogP contribution is -2.35. The topological polar surface area (TPSA) is 87.3 Å². The van der Waals surface area contributed by atoms with Crippen LogP contribution in [0.4, 0.5) is 17.1 Å². The number of carbonyl (C=O) groups is 1. The van der Waals surface area contributed by atoms with Crippen molar-refractivity contribution >= 4 is 56.2 Å². The van der Waals surface area contributed by atoms with E-state index in [2.05, 4.69) is 51.8 Å². The van der Waals surface area contributed by atoms with Crippen LogP contribution in [-0.2, 0) is 10.0 Å². The van der Waals surface area contributed by atoms with Crippen molar-refractivity contribution in [1.82, 2.24) is 0 Å². The van der Waals surface area contributed by atoms with Crippen molar-refractivity contribution in [2.75, 3.05) is 15.4 Å². The van der Waals surface area contributed by atoms with Gasteiger partial charge in [0.15, 0.2) is 0 Å². The largest absolute Gasteiger partial charge is 0.378 e. The van der Waals surface area contributed by atoms with Crippen LogP contribution >= 0.6 is 23.2 Å². The van der Waals surface area contributed by atoms with E-state index in [1.165, 1.54) is 48.6 Å². The summed E-state index contributed by atoms with van der Waals surface area (Å²) < 4.78 is 28.3. The zero-order valence-corrected chi connectivity index (χ0v) is 24.9. The minimum Gasteiger partial charge on any atom is -0.378 e. The molecule has 9 heteroatoms. The van der Waals surface area contributed by atoms with E-state index in [1.54, 1.807) is 24.3 Å². The summed E-state index contributed by atoms with van der Waals surface area (Å²) in [7, 11) is -3.91. The van der Waals surface area contributed by atoms with E-state index >= 15 is 0 Å². The zero-order chi connectivity index (χ0) is 29.0. The number of nitrogens with one attached hydrogen (secondary N) is 3. The van der Waals surface area contributed by atoms with Gasteiger partial charge < -0.3 is 10.6 Å². The lowest BCUT2D eigenvalue weighted by atomic mass is 9.68. The molecular formula is C33H29Cl2N3O3S. The van der Waals surface area contributed by atoms with Gasteiger partial charge in [0.2, 0.25) is 0 Å². The lowest BCUT2D eigenvalue weighted by Gasteiger charge is -2.43. The van der Waals surface area contributed by atoms with Crippen LogP contribution in [0.3, 0.4) is 0 Å². The highest BCUT2D eigenvalue weighted by atomic mass is 35.5. The highest BCUT2D eigenvalue weighted by molar-refractivity contribution is 7.92. The Bertz CT molecular complexity index is 1780. The molecule has 214 valence electrons. The Morgan fingerprint density at radius 1 is 0.857 bits per heavy atom. The molecule has 2 bridgehead atoms. The number of benzene rings is 4. The predicted octanol–water partition coefficient (Wildman–Crippen LogP) is 8.34. The van der Waals surface area contributed by atoms with Crippen LogP contribution in [0.15, 0.2) is 95.9 Å². The molecule has 3 N–H and O–H groups in total. The second-order valence-corrected chi connectivity index (χ2v) is 13.9. The van der Waals surface area contributed by atoms with Gasteiger partial charge in [-0.15, -0.1) is 0 Å². The third-order valence-corrected chi connectivity index (χ3v) is 11.3. The fraction of sp³-hybridized carbons (Fsp3) is 0.242. The van der Waals surface area contributed by atoms with Gasteiger partial charge in [-0.2, -0.15) is 0 Å². The molecule has 1 aliphatic heterocycles. The molecule has 0 radical (unpaired) electrons. The molecule has 42 heavy (non-hydrogen) atoms. The van der Waals surface area contributed by atoms with Crippen LogP contribution in [0.25, 0.3) is 0 Å². The zero-order valence-electron chi connectivity index (χ0n) is 22.6. The highest BCUT2D eigenvalue weighted by Crippen LogP contribution is 2.63. The van der Waals surface area contributed by atoms with E-state index < -0.39 is 10.0 Å². The molecule has 3 aliphatic rings. The summed E-state index contributed by atoms with van der Waals surface area (Å²) in [4.78, 5) is 13.4. The number of rotatable bonds is 6. The number of halogens is 2.